The second kappa shape index (κ2) is 7.82. The summed E-state index contributed by atoms with van der Waals surface area (Å²) >= 11 is 0. The highest BCUT2D eigenvalue weighted by Gasteiger charge is 2.30. The summed E-state index contributed by atoms with van der Waals surface area (Å²) in [5.74, 6) is -1.96. The normalized spacial score (nSPS) is 15.0. The molecule has 0 saturated carbocycles. The number of aliphatic carboxylic acids is 1. The number of para-hydroxylation sites is 1. The van der Waals surface area contributed by atoms with E-state index in [9.17, 15) is 19.1 Å². The van der Waals surface area contributed by atoms with Gasteiger partial charge in [-0.2, -0.15) is 5.10 Å². The number of benzene rings is 2. The van der Waals surface area contributed by atoms with Gasteiger partial charge in [0.15, 0.2) is 0 Å². The number of halogens is 1. The van der Waals surface area contributed by atoms with Crippen LogP contribution in [0.2, 0.25) is 0 Å². The molecule has 2 aromatic carbocycles. The van der Waals surface area contributed by atoms with Gasteiger partial charge in [-0.15, -0.1) is 0 Å². The predicted molar refractivity (Wildman–Crippen MR) is 110 cm³/mol. The largest absolute Gasteiger partial charge is 0.477 e. The molecule has 4 rings (SSSR count). The smallest absolute Gasteiger partial charge is 0.352 e. The van der Waals surface area contributed by atoms with Gasteiger partial charge >= 0.3 is 5.97 Å². The van der Waals surface area contributed by atoms with Gasteiger partial charge in [0.2, 0.25) is 0 Å². The number of hydrogen-bond donors (Lipinski definition) is 3. The molecule has 1 aromatic heterocycles. The number of carboxylic acids is 1. The molecule has 1 aliphatic rings. The molecule has 8 heteroatoms. The highest BCUT2D eigenvalue weighted by molar-refractivity contribution is 6.08. The number of nitrogens with one attached hydrogen (secondary N) is 2. The number of aryl methyl sites for hydroxylation is 1. The van der Waals surface area contributed by atoms with E-state index in [1.165, 1.54) is 23.0 Å². The van der Waals surface area contributed by atoms with Crippen molar-refractivity contribution >= 4 is 23.4 Å². The third-order valence-electron chi connectivity index (χ3n) is 4.98. The lowest BCUT2D eigenvalue weighted by molar-refractivity contribution is -0.132. The molecule has 3 N–H and O–H groups in total. The van der Waals surface area contributed by atoms with Gasteiger partial charge in [0.05, 0.1) is 6.20 Å². The van der Waals surface area contributed by atoms with Crippen LogP contribution in [-0.4, -0.2) is 26.8 Å². The van der Waals surface area contributed by atoms with Crippen LogP contribution in [0.5, 0.6) is 0 Å². The van der Waals surface area contributed by atoms with E-state index in [4.69, 9.17) is 0 Å². The second-order valence-corrected chi connectivity index (χ2v) is 6.79. The molecule has 30 heavy (non-hydrogen) atoms. The summed E-state index contributed by atoms with van der Waals surface area (Å²) in [4.78, 5) is 24.6. The number of fused-ring (bicyclic) bond motifs is 1. The molecule has 0 fully saturated rings. The highest BCUT2D eigenvalue weighted by atomic mass is 19.1. The van der Waals surface area contributed by atoms with Crippen molar-refractivity contribution in [2.24, 2.45) is 0 Å². The quantitative estimate of drug-likeness (QED) is 0.599. The van der Waals surface area contributed by atoms with Crippen molar-refractivity contribution in [3.8, 4) is 0 Å². The first-order valence-corrected chi connectivity index (χ1v) is 9.43. The molecule has 1 aliphatic heterocycles. The standard InChI is InChI=1S/C22H19FN4O3/c1-2-13-7-3-6-10-17(13)26-21(28)15-12-24-27-19(14-8-4-5-9-16(14)23)11-18(22(29)30)25-20(15)27/h3-12,19,25H,2H2,1H3,(H,26,28)(H,29,30)/t19-/m1/s1. The molecule has 7 nitrogen and oxygen atoms in total. The van der Waals surface area contributed by atoms with Crippen molar-refractivity contribution in [1.82, 2.24) is 9.78 Å². The number of nitrogens with zero attached hydrogens (tertiary/aromatic N) is 2. The molecular weight excluding hydrogens is 387 g/mol. The van der Waals surface area contributed by atoms with Gasteiger partial charge in [-0.25, -0.2) is 13.9 Å². The molecule has 2 heterocycles. The van der Waals surface area contributed by atoms with Gasteiger partial charge in [0.25, 0.3) is 5.91 Å². The molecule has 0 saturated heterocycles. The number of rotatable bonds is 5. The van der Waals surface area contributed by atoms with Crippen molar-refractivity contribution in [2.75, 3.05) is 10.6 Å². The minimum absolute atomic E-state index is 0.153. The topological polar surface area (TPSA) is 96.3 Å². The molecule has 0 aliphatic carbocycles. The lowest BCUT2D eigenvalue weighted by Gasteiger charge is -2.24. The summed E-state index contributed by atoms with van der Waals surface area (Å²) in [6.45, 7) is 1.98. The Morgan fingerprint density at radius 3 is 2.67 bits per heavy atom. The van der Waals surface area contributed by atoms with Crippen molar-refractivity contribution in [3.63, 3.8) is 0 Å². The first-order chi connectivity index (χ1) is 14.5. The van der Waals surface area contributed by atoms with E-state index in [0.717, 1.165) is 12.0 Å². The van der Waals surface area contributed by atoms with E-state index in [1.54, 1.807) is 24.3 Å². The summed E-state index contributed by atoms with van der Waals surface area (Å²) in [6.07, 6.45) is 3.45. The summed E-state index contributed by atoms with van der Waals surface area (Å²) in [5, 5.41) is 19.3. The van der Waals surface area contributed by atoms with Gasteiger partial charge in [0.1, 0.15) is 28.9 Å². The van der Waals surface area contributed by atoms with Crippen molar-refractivity contribution < 1.29 is 19.1 Å². The zero-order valence-corrected chi connectivity index (χ0v) is 16.1. The minimum atomic E-state index is -1.22. The zero-order valence-electron chi connectivity index (χ0n) is 16.1. The molecule has 1 atom stereocenters. The van der Waals surface area contributed by atoms with Crippen molar-refractivity contribution in [1.29, 1.82) is 0 Å². The number of carbonyl (C=O) groups excluding carboxylic acids is 1. The number of carboxylic acid groups (broad SMARTS) is 1. The Morgan fingerprint density at radius 1 is 1.20 bits per heavy atom. The van der Waals surface area contributed by atoms with E-state index in [-0.39, 0.29) is 22.6 Å². The maximum absolute atomic E-state index is 14.4. The maximum Gasteiger partial charge on any atom is 0.352 e. The first kappa shape index (κ1) is 19.4. The number of amides is 1. The van der Waals surface area contributed by atoms with Gasteiger partial charge in [-0.1, -0.05) is 43.3 Å². The van der Waals surface area contributed by atoms with E-state index >= 15 is 0 Å². The van der Waals surface area contributed by atoms with Crippen LogP contribution in [0, 0.1) is 5.82 Å². The fourth-order valence-electron chi connectivity index (χ4n) is 3.46. The van der Waals surface area contributed by atoms with Crippen LogP contribution in [0.25, 0.3) is 0 Å². The third kappa shape index (κ3) is 3.43. The van der Waals surface area contributed by atoms with Gasteiger partial charge < -0.3 is 15.7 Å². The third-order valence-corrected chi connectivity index (χ3v) is 4.98. The van der Waals surface area contributed by atoms with Crippen LogP contribution in [0.3, 0.4) is 0 Å². The monoisotopic (exact) mass is 406 g/mol. The van der Waals surface area contributed by atoms with E-state index in [2.05, 4.69) is 15.7 Å². The summed E-state index contributed by atoms with van der Waals surface area (Å²) in [7, 11) is 0. The average molecular weight is 406 g/mol. The summed E-state index contributed by atoms with van der Waals surface area (Å²) in [6, 6.07) is 12.7. The van der Waals surface area contributed by atoms with Crippen LogP contribution in [-0.2, 0) is 11.2 Å². The molecular formula is C22H19FN4O3. The lowest BCUT2D eigenvalue weighted by Crippen LogP contribution is -2.26. The zero-order chi connectivity index (χ0) is 21.3. The molecule has 0 radical (unpaired) electrons. The summed E-state index contributed by atoms with van der Waals surface area (Å²) < 4.78 is 15.8. The van der Waals surface area contributed by atoms with Gasteiger partial charge in [-0.05, 0) is 30.2 Å². The van der Waals surface area contributed by atoms with Crippen LogP contribution in [0.1, 0.15) is 34.5 Å². The SMILES string of the molecule is CCc1ccccc1NC(=O)c1cnn2c1NC(C(=O)O)=C[C@@H]2c1ccccc1F. The Balaban J connectivity index is 1.74. The first-order valence-electron chi connectivity index (χ1n) is 9.43. The fourth-order valence-corrected chi connectivity index (χ4v) is 3.46. The molecule has 1 amide bonds. The van der Waals surface area contributed by atoms with E-state index < -0.39 is 23.7 Å². The summed E-state index contributed by atoms with van der Waals surface area (Å²) in [5.41, 5.74) is 1.90. The molecule has 0 spiro atoms. The Labute approximate surface area is 171 Å². The van der Waals surface area contributed by atoms with Crippen LogP contribution < -0.4 is 10.6 Å². The number of anilines is 2. The number of allylic oxidation sites excluding steroid dienone is 1. The molecule has 152 valence electrons. The Hall–Kier alpha value is -3.94. The molecule has 0 bridgehead atoms. The molecule has 0 unspecified atom stereocenters. The average Bonchev–Trinajstić information content (AvgIpc) is 3.18. The van der Waals surface area contributed by atoms with E-state index in [1.807, 2.05) is 25.1 Å². The van der Waals surface area contributed by atoms with Crippen LogP contribution in [0.15, 0.2) is 66.5 Å². The lowest BCUT2D eigenvalue weighted by atomic mass is 10.0. The number of aromatic nitrogens is 2. The predicted octanol–water partition coefficient (Wildman–Crippen LogP) is 3.82. The molecule has 3 aromatic rings. The van der Waals surface area contributed by atoms with Crippen molar-refractivity contribution in [2.45, 2.75) is 19.4 Å². The van der Waals surface area contributed by atoms with E-state index in [0.29, 0.717) is 5.69 Å². The number of hydrogen-bond acceptors (Lipinski definition) is 4. The van der Waals surface area contributed by atoms with Crippen LogP contribution >= 0.6 is 0 Å². The highest BCUT2D eigenvalue weighted by Crippen LogP contribution is 2.33. The maximum atomic E-state index is 14.4. The van der Waals surface area contributed by atoms with Crippen molar-refractivity contribution in [3.05, 3.63) is 89.0 Å². The second-order valence-electron chi connectivity index (χ2n) is 6.79. The fraction of sp³-hybridized carbons (Fsp3) is 0.136. The number of carbonyl (C=O) groups is 2. The van der Waals surface area contributed by atoms with Crippen LogP contribution in [0.4, 0.5) is 15.9 Å². The van der Waals surface area contributed by atoms with Gasteiger partial charge in [0, 0.05) is 11.3 Å². The Kier molecular flexibility index (Phi) is 5.05. The van der Waals surface area contributed by atoms with Gasteiger partial charge in [-0.3, -0.25) is 4.79 Å². The Morgan fingerprint density at radius 2 is 1.93 bits per heavy atom. The minimum Gasteiger partial charge on any atom is -0.477 e. The Bertz CT molecular complexity index is 1170.